The van der Waals surface area contributed by atoms with Gasteiger partial charge in [-0.05, 0) is 24.3 Å². The van der Waals surface area contributed by atoms with Crippen molar-refractivity contribution >= 4 is 8.58 Å². The maximum atomic E-state index is 2.27. The molecule has 0 spiro atoms. The van der Waals surface area contributed by atoms with E-state index in [1.54, 1.807) is 5.31 Å². The average Bonchev–Trinajstić information content (AvgIpc) is 1.88. The fraction of sp³-hybridized carbons (Fsp3) is 0.500. The zero-order valence-corrected chi connectivity index (χ0v) is 7.02. The third kappa shape index (κ3) is 1.95. The van der Waals surface area contributed by atoms with Gasteiger partial charge in [-0.15, -0.1) is 0 Å². The Morgan fingerprint density at radius 3 is 2.89 bits per heavy atom. The van der Waals surface area contributed by atoms with Gasteiger partial charge in [-0.1, -0.05) is 33.7 Å². The van der Waals surface area contributed by atoms with Crippen molar-refractivity contribution in [3.63, 3.8) is 0 Å². The van der Waals surface area contributed by atoms with Gasteiger partial charge in [0, 0.05) is 0 Å². The third-order valence-electron chi connectivity index (χ3n) is 1.60. The minimum atomic E-state index is 0.775. The summed E-state index contributed by atoms with van der Waals surface area (Å²) < 4.78 is 0. The monoisotopic (exact) mass is 140 g/mol. The SMILES string of the molecule is CPC1=CC=CC(C)C1. The first-order valence-corrected chi connectivity index (χ1v) is 4.88. The molecule has 0 aromatic rings. The van der Waals surface area contributed by atoms with Crippen LogP contribution < -0.4 is 0 Å². The molecule has 1 aliphatic rings. The molecule has 0 aromatic heterocycles. The van der Waals surface area contributed by atoms with Crippen molar-refractivity contribution in [2.75, 3.05) is 6.66 Å². The molecule has 0 heterocycles. The Hall–Kier alpha value is -0.0900. The first kappa shape index (κ1) is 7.02. The van der Waals surface area contributed by atoms with E-state index >= 15 is 0 Å². The van der Waals surface area contributed by atoms with Crippen molar-refractivity contribution < 1.29 is 0 Å². The predicted octanol–water partition coefficient (Wildman–Crippen LogP) is 2.77. The van der Waals surface area contributed by atoms with E-state index in [0.717, 1.165) is 14.5 Å². The Morgan fingerprint density at radius 1 is 1.67 bits per heavy atom. The van der Waals surface area contributed by atoms with Crippen molar-refractivity contribution in [2.24, 2.45) is 5.92 Å². The lowest BCUT2D eigenvalue weighted by atomic mass is 10.0. The van der Waals surface area contributed by atoms with Crippen LogP contribution in [0.5, 0.6) is 0 Å². The molecule has 0 saturated carbocycles. The van der Waals surface area contributed by atoms with Crippen LogP contribution in [-0.4, -0.2) is 6.66 Å². The van der Waals surface area contributed by atoms with E-state index < -0.39 is 0 Å². The van der Waals surface area contributed by atoms with E-state index in [-0.39, 0.29) is 0 Å². The van der Waals surface area contributed by atoms with E-state index in [1.807, 2.05) is 0 Å². The van der Waals surface area contributed by atoms with Crippen molar-refractivity contribution in [1.29, 1.82) is 0 Å². The van der Waals surface area contributed by atoms with Crippen LogP contribution in [0.3, 0.4) is 0 Å². The highest BCUT2D eigenvalue weighted by atomic mass is 31.1. The van der Waals surface area contributed by atoms with E-state index in [9.17, 15) is 0 Å². The highest BCUT2D eigenvalue weighted by molar-refractivity contribution is 7.42. The first-order valence-electron chi connectivity index (χ1n) is 3.38. The second kappa shape index (κ2) is 3.17. The molecule has 0 fully saturated rings. The Kier molecular flexibility index (Phi) is 2.48. The summed E-state index contributed by atoms with van der Waals surface area (Å²) in [6.07, 6.45) is 7.98. The maximum absolute atomic E-state index is 2.27. The van der Waals surface area contributed by atoms with Gasteiger partial charge in [-0.3, -0.25) is 0 Å². The van der Waals surface area contributed by atoms with Crippen LogP contribution in [0.2, 0.25) is 0 Å². The topological polar surface area (TPSA) is 0 Å². The summed E-state index contributed by atoms with van der Waals surface area (Å²) >= 11 is 0. The van der Waals surface area contributed by atoms with Gasteiger partial charge in [-0.25, -0.2) is 0 Å². The second-order valence-corrected chi connectivity index (χ2v) is 3.65. The van der Waals surface area contributed by atoms with Gasteiger partial charge in [0.15, 0.2) is 0 Å². The van der Waals surface area contributed by atoms with Crippen molar-refractivity contribution in [2.45, 2.75) is 13.3 Å². The average molecular weight is 140 g/mol. The Labute approximate surface area is 58.8 Å². The number of rotatable bonds is 1. The predicted molar refractivity (Wildman–Crippen MR) is 45.2 cm³/mol. The fourth-order valence-corrected chi connectivity index (χ4v) is 1.82. The van der Waals surface area contributed by atoms with Gasteiger partial charge >= 0.3 is 0 Å². The van der Waals surface area contributed by atoms with Gasteiger partial charge in [0.05, 0.1) is 0 Å². The minimum Gasteiger partial charge on any atom is -0.0980 e. The molecule has 0 amide bonds. The summed E-state index contributed by atoms with van der Waals surface area (Å²) in [6.45, 7) is 4.52. The zero-order valence-electron chi connectivity index (χ0n) is 6.02. The standard InChI is InChI=1S/C8H13P/c1-7-4-3-5-8(6-7)9-2/h3-5,7,9H,6H2,1-2H3. The zero-order chi connectivity index (χ0) is 6.69. The van der Waals surface area contributed by atoms with Crippen LogP contribution in [0, 0.1) is 5.92 Å². The molecular formula is C8H13P. The van der Waals surface area contributed by atoms with Crippen molar-refractivity contribution in [3.8, 4) is 0 Å². The van der Waals surface area contributed by atoms with Crippen molar-refractivity contribution in [1.82, 2.24) is 0 Å². The molecule has 1 rings (SSSR count). The molecule has 9 heavy (non-hydrogen) atoms. The van der Waals surface area contributed by atoms with E-state index in [1.165, 1.54) is 6.42 Å². The molecule has 0 N–H and O–H groups in total. The van der Waals surface area contributed by atoms with E-state index in [2.05, 4.69) is 31.8 Å². The van der Waals surface area contributed by atoms with Crippen LogP contribution in [0.25, 0.3) is 0 Å². The number of hydrogen-bond acceptors (Lipinski definition) is 0. The summed E-state index contributed by atoms with van der Waals surface area (Å²) in [6, 6.07) is 0. The normalized spacial score (nSPS) is 27.3. The molecule has 0 radical (unpaired) electrons. The number of allylic oxidation sites excluding steroid dienone is 4. The highest BCUT2D eigenvalue weighted by Gasteiger charge is 2.02. The molecule has 2 atom stereocenters. The summed E-state index contributed by atoms with van der Waals surface area (Å²) in [5, 5.41) is 1.62. The lowest BCUT2D eigenvalue weighted by Gasteiger charge is -2.11. The van der Waals surface area contributed by atoms with Gasteiger partial charge in [0.1, 0.15) is 0 Å². The van der Waals surface area contributed by atoms with Crippen molar-refractivity contribution in [3.05, 3.63) is 23.5 Å². The van der Waals surface area contributed by atoms with Crippen LogP contribution >= 0.6 is 8.58 Å². The van der Waals surface area contributed by atoms with Crippen LogP contribution in [0.15, 0.2) is 23.5 Å². The molecule has 0 saturated heterocycles. The second-order valence-electron chi connectivity index (χ2n) is 2.51. The highest BCUT2D eigenvalue weighted by Crippen LogP contribution is 2.29. The number of hydrogen-bond donors (Lipinski definition) is 0. The van der Waals surface area contributed by atoms with Crippen LogP contribution in [0.1, 0.15) is 13.3 Å². The molecule has 0 aromatic carbocycles. The Morgan fingerprint density at radius 2 is 2.44 bits per heavy atom. The van der Waals surface area contributed by atoms with Gasteiger partial charge in [-0.2, -0.15) is 0 Å². The lowest BCUT2D eigenvalue weighted by Crippen LogP contribution is -1.92. The molecule has 1 aliphatic carbocycles. The largest absolute Gasteiger partial charge is 0.0980 e. The smallest absolute Gasteiger partial charge is 0.0216 e. The van der Waals surface area contributed by atoms with Crippen LogP contribution in [0.4, 0.5) is 0 Å². The molecule has 50 valence electrons. The van der Waals surface area contributed by atoms with Gasteiger partial charge < -0.3 is 0 Å². The first-order chi connectivity index (χ1) is 4.33. The molecule has 0 nitrogen and oxygen atoms in total. The van der Waals surface area contributed by atoms with Crippen LogP contribution in [-0.2, 0) is 0 Å². The minimum absolute atomic E-state index is 0.775. The summed E-state index contributed by atoms with van der Waals surface area (Å²) in [4.78, 5) is 0. The molecule has 2 unspecified atom stereocenters. The molecule has 0 bridgehead atoms. The van der Waals surface area contributed by atoms with E-state index in [4.69, 9.17) is 0 Å². The Bertz CT molecular complexity index is 145. The summed E-state index contributed by atoms with van der Waals surface area (Å²) in [7, 11) is 1.00. The van der Waals surface area contributed by atoms with E-state index in [0.29, 0.717) is 0 Å². The Balaban J connectivity index is 2.55. The lowest BCUT2D eigenvalue weighted by molar-refractivity contribution is 0.729. The molecule has 1 heteroatoms. The fourth-order valence-electron chi connectivity index (χ4n) is 1.03. The summed E-state index contributed by atoms with van der Waals surface area (Å²) in [5.74, 6) is 0.775. The summed E-state index contributed by atoms with van der Waals surface area (Å²) in [5.41, 5.74) is 0. The quantitative estimate of drug-likeness (QED) is 0.491. The molecular weight excluding hydrogens is 127 g/mol. The maximum Gasteiger partial charge on any atom is -0.0216 e. The molecule has 0 aliphatic heterocycles. The van der Waals surface area contributed by atoms with Gasteiger partial charge in [0.2, 0.25) is 0 Å². The van der Waals surface area contributed by atoms with Gasteiger partial charge in [0.25, 0.3) is 0 Å². The third-order valence-corrected chi connectivity index (χ3v) is 2.61.